The van der Waals surface area contributed by atoms with Crippen molar-refractivity contribution in [1.82, 2.24) is 9.47 Å². The van der Waals surface area contributed by atoms with Crippen LogP contribution in [0.5, 0.6) is 5.75 Å². The molecular weight excluding hydrogens is 396 g/mol. The average molecular weight is 433 g/mol. The van der Waals surface area contributed by atoms with Gasteiger partial charge < -0.3 is 14.2 Å². The van der Waals surface area contributed by atoms with Crippen LogP contribution in [0.3, 0.4) is 0 Å². The van der Waals surface area contributed by atoms with Crippen LogP contribution in [0.25, 0.3) is 0 Å². The minimum absolute atomic E-state index is 0.0838. The van der Waals surface area contributed by atoms with Gasteiger partial charge in [-0.3, -0.25) is 4.79 Å². The summed E-state index contributed by atoms with van der Waals surface area (Å²) in [5.41, 5.74) is 3.48. The normalized spacial score (nSPS) is 11.8. The highest BCUT2D eigenvalue weighted by molar-refractivity contribution is 5.78. The average Bonchev–Trinajstić information content (AvgIpc) is 3.26. The molecule has 0 radical (unpaired) electrons. The van der Waals surface area contributed by atoms with Crippen LogP contribution in [-0.2, 0) is 24.4 Å². The largest absolute Gasteiger partial charge is 0.497 e. The first-order chi connectivity index (χ1) is 15.6. The number of amides is 1. The number of nitrogens with zero attached hydrogens (tertiary/aromatic N) is 2. The van der Waals surface area contributed by atoms with E-state index in [9.17, 15) is 4.79 Å². The van der Waals surface area contributed by atoms with E-state index in [2.05, 4.69) is 61.0 Å². The van der Waals surface area contributed by atoms with Gasteiger partial charge in [0, 0.05) is 30.9 Å². The van der Waals surface area contributed by atoms with Crippen molar-refractivity contribution in [2.75, 3.05) is 7.11 Å². The van der Waals surface area contributed by atoms with Crippen LogP contribution in [-0.4, -0.2) is 22.5 Å². The summed E-state index contributed by atoms with van der Waals surface area (Å²) in [5.74, 6) is 1.21. The molecule has 32 heavy (non-hydrogen) atoms. The molecule has 0 aliphatic rings. The Morgan fingerprint density at radius 3 is 2.47 bits per heavy atom. The summed E-state index contributed by atoms with van der Waals surface area (Å²) in [4.78, 5) is 15.6. The van der Waals surface area contributed by atoms with Gasteiger partial charge in [0.15, 0.2) is 0 Å². The third-order valence-corrected chi connectivity index (χ3v) is 6.04. The van der Waals surface area contributed by atoms with E-state index in [1.54, 1.807) is 7.11 Å². The Kier molecular flexibility index (Phi) is 8.97. The fourth-order valence-corrected chi connectivity index (χ4v) is 4.14. The van der Waals surface area contributed by atoms with Crippen LogP contribution in [0.2, 0.25) is 0 Å². The van der Waals surface area contributed by atoms with Gasteiger partial charge in [0.25, 0.3) is 0 Å². The standard InChI is InChI=1S/C28H36N2O2/c1-4-6-15-25(5-2)28(31)30(20-23-12-8-7-9-13-23)22-26-16-11-18-29(26)21-24-14-10-17-27(19-24)32-3/h7-14,16-19,25H,4-6,15,20-22H2,1-3H3/t25-/m1/s1. The van der Waals surface area contributed by atoms with Gasteiger partial charge in [0.05, 0.1) is 13.7 Å². The van der Waals surface area contributed by atoms with Crippen molar-refractivity contribution in [3.05, 3.63) is 89.7 Å². The van der Waals surface area contributed by atoms with E-state index in [1.807, 2.05) is 35.2 Å². The van der Waals surface area contributed by atoms with Gasteiger partial charge in [-0.2, -0.15) is 0 Å². The van der Waals surface area contributed by atoms with Crippen molar-refractivity contribution in [2.45, 2.75) is 59.2 Å². The Labute approximate surface area is 192 Å². The van der Waals surface area contributed by atoms with E-state index in [1.165, 1.54) is 5.56 Å². The van der Waals surface area contributed by atoms with Gasteiger partial charge >= 0.3 is 0 Å². The summed E-state index contributed by atoms with van der Waals surface area (Å²) in [5, 5.41) is 0. The van der Waals surface area contributed by atoms with Crippen molar-refractivity contribution in [3.8, 4) is 5.75 Å². The lowest BCUT2D eigenvalue weighted by Crippen LogP contribution is -2.35. The van der Waals surface area contributed by atoms with E-state index in [0.717, 1.165) is 49.2 Å². The minimum Gasteiger partial charge on any atom is -0.497 e. The second-order valence-electron chi connectivity index (χ2n) is 8.41. The fraction of sp³-hybridized carbons (Fsp3) is 0.393. The molecule has 1 amide bonds. The van der Waals surface area contributed by atoms with E-state index >= 15 is 0 Å². The number of ether oxygens (including phenoxy) is 1. The number of aromatic nitrogens is 1. The van der Waals surface area contributed by atoms with Gasteiger partial charge in [0.1, 0.15) is 5.75 Å². The number of hydrogen-bond donors (Lipinski definition) is 0. The van der Waals surface area contributed by atoms with Crippen molar-refractivity contribution in [3.63, 3.8) is 0 Å². The van der Waals surface area contributed by atoms with Crippen molar-refractivity contribution in [1.29, 1.82) is 0 Å². The lowest BCUT2D eigenvalue weighted by Gasteiger charge is -2.28. The second-order valence-corrected chi connectivity index (χ2v) is 8.41. The first-order valence-corrected chi connectivity index (χ1v) is 11.7. The molecule has 0 aliphatic carbocycles. The third-order valence-electron chi connectivity index (χ3n) is 6.04. The number of benzene rings is 2. The molecule has 0 saturated carbocycles. The molecule has 0 spiro atoms. The Morgan fingerprint density at radius 1 is 0.969 bits per heavy atom. The Balaban J connectivity index is 1.81. The Morgan fingerprint density at radius 2 is 1.75 bits per heavy atom. The molecule has 0 unspecified atom stereocenters. The zero-order chi connectivity index (χ0) is 22.8. The predicted octanol–water partition coefficient (Wildman–Crippen LogP) is 6.29. The molecule has 1 aromatic heterocycles. The number of carbonyl (C=O) groups excluding carboxylic acids is 1. The number of methoxy groups -OCH3 is 1. The quantitative estimate of drug-likeness (QED) is 0.337. The number of hydrogen-bond acceptors (Lipinski definition) is 2. The third kappa shape index (κ3) is 6.49. The molecule has 3 rings (SSSR count). The molecule has 0 aliphatic heterocycles. The van der Waals surface area contributed by atoms with Crippen LogP contribution < -0.4 is 4.74 Å². The molecule has 3 aromatic rings. The minimum atomic E-state index is 0.0838. The predicted molar refractivity (Wildman–Crippen MR) is 131 cm³/mol. The zero-order valence-electron chi connectivity index (χ0n) is 19.7. The highest BCUT2D eigenvalue weighted by Gasteiger charge is 2.23. The molecule has 1 atom stereocenters. The maximum atomic E-state index is 13.6. The van der Waals surface area contributed by atoms with Crippen molar-refractivity contribution < 1.29 is 9.53 Å². The van der Waals surface area contributed by atoms with Gasteiger partial charge in [0.2, 0.25) is 5.91 Å². The van der Waals surface area contributed by atoms with Crippen molar-refractivity contribution in [2.24, 2.45) is 5.92 Å². The molecule has 0 N–H and O–H groups in total. The summed E-state index contributed by atoms with van der Waals surface area (Å²) < 4.78 is 7.60. The van der Waals surface area contributed by atoms with Gasteiger partial charge in [-0.25, -0.2) is 0 Å². The maximum Gasteiger partial charge on any atom is 0.226 e. The summed E-state index contributed by atoms with van der Waals surface area (Å²) >= 11 is 0. The van der Waals surface area contributed by atoms with Crippen LogP contribution in [0, 0.1) is 5.92 Å². The number of unbranched alkanes of at least 4 members (excludes halogenated alkanes) is 1. The Bertz CT molecular complexity index is 964. The molecule has 4 heteroatoms. The highest BCUT2D eigenvalue weighted by Crippen LogP contribution is 2.21. The van der Waals surface area contributed by atoms with E-state index in [4.69, 9.17) is 4.74 Å². The number of rotatable bonds is 12. The van der Waals surface area contributed by atoms with Gasteiger partial charge in [-0.05, 0) is 48.2 Å². The van der Waals surface area contributed by atoms with Crippen LogP contribution in [0.4, 0.5) is 0 Å². The molecule has 170 valence electrons. The SMILES string of the molecule is CCCC[C@@H](CC)C(=O)N(Cc1ccccc1)Cc1cccn1Cc1cccc(OC)c1. The second kappa shape index (κ2) is 12.1. The molecule has 2 aromatic carbocycles. The van der Waals surface area contributed by atoms with E-state index in [-0.39, 0.29) is 11.8 Å². The first kappa shape index (κ1) is 23.6. The molecule has 0 bridgehead atoms. The fourth-order valence-electron chi connectivity index (χ4n) is 4.14. The van der Waals surface area contributed by atoms with Gasteiger partial charge in [-0.15, -0.1) is 0 Å². The topological polar surface area (TPSA) is 34.5 Å². The van der Waals surface area contributed by atoms with Crippen LogP contribution >= 0.6 is 0 Å². The smallest absolute Gasteiger partial charge is 0.226 e. The lowest BCUT2D eigenvalue weighted by atomic mass is 9.97. The summed E-state index contributed by atoms with van der Waals surface area (Å²) in [7, 11) is 1.69. The first-order valence-electron chi connectivity index (χ1n) is 11.7. The van der Waals surface area contributed by atoms with Crippen molar-refractivity contribution >= 4 is 5.91 Å². The van der Waals surface area contributed by atoms with Crippen LogP contribution in [0.1, 0.15) is 56.4 Å². The number of carbonyl (C=O) groups is 1. The summed E-state index contributed by atoms with van der Waals surface area (Å²) in [6, 6.07) is 22.6. The van der Waals surface area contributed by atoms with Gasteiger partial charge in [-0.1, -0.05) is 69.2 Å². The molecule has 4 nitrogen and oxygen atoms in total. The van der Waals surface area contributed by atoms with E-state index in [0.29, 0.717) is 13.1 Å². The zero-order valence-corrected chi connectivity index (χ0v) is 19.7. The summed E-state index contributed by atoms with van der Waals surface area (Å²) in [6.07, 6.45) is 6.15. The monoisotopic (exact) mass is 432 g/mol. The molecular formula is C28H36N2O2. The lowest BCUT2D eigenvalue weighted by molar-refractivity contribution is -0.137. The Hall–Kier alpha value is -3.01. The van der Waals surface area contributed by atoms with E-state index < -0.39 is 0 Å². The molecule has 0 saturated heterocycles. The molecule has 0 fully saturated rings. The highest BCUT2D eigenvalue weighted by atomic mass is 16.5. The summed E-state index contributed by atoms with van der Waals surface area (Å²) in [6.45, 7) is 6.30. The van der Waals surface area contributed by atoms with Crippen LogP contribution in [0.15, 0.2) is 72.9 Å². The molecule has 1 heterocycles. The maximum absolute atomic E-state index is 13.6.